The minimum Gasteiger partial charge on any atom is -0.497 e. The number of pyridine rings is 1. The molecule has 0 spiro atoms. The fourth-order valence-corrected chi connectivity index (χ4v) is 2.11. The van der Waals surface area contributed by atoms with Gasteiger partial charge in [-0.2, -0.15) is 0 Å². The summed E-state index contributed by atoms with van der Waals surface area (Å²) in [5.41, 5.74) is 0.574. The van der Waals surface area contributed by atoms with Crippen LogP contribution in [0.25, 0.3) is 0 Å². The fraction of sp³-hybridized carbons (Fsp3) is 0.368. The van der Waals surface area contributed by atoms with Gasteiger partial charge in [0.15, 0.2) is 0 Å². The molecule has 134 valence electrons. The molecule has 2 rings (SSSR count). The molecule has 2 N–H and O–H groups in total. The van der Waals surface area contributed by atoms with Gasteiger partial charge in [-0.15, -0.1) is 0 Å². The predicted molar refractivity (Wildman–Crippen MR) is 98.4 cm³/mol. The molecule has 2 aromatic rings. The number of carbonyl (C=O) groups is 1. The van der Waals surface area contributed by atoms with Gasteiger partial charge in [0.25, 0.3) is 5.91 Å². The van der Waals surface area contributed by atoms with Gasteiger partial charge in [0.2, 0.25) is 0 Å². The van der Waals surface area contributed by atoms with Gasteiger partial charge in [-0.25, -0.2) is 4.98 Å². The van der Waals surface area contributed by atoms with Crippen molar-refractivity contribution in [3.8, 4) is 11.5 Å². The molecule has 0 fully saturated rings. The SMILES string of the molecule is CCC(C)Nc1cc(C(=O)NCCOc2ccc(OC)cc2)ccn1. The number of anilines is 1. The lowest BCUT2D eigenvalue weighted by atomic mass is 10.2. The zero-order valence-corrected chi connectivity index (χ0v) is 14.9. The Morgan fingerprint density at radius 2 is 1.92 bits per heavy atom. The van der Waals surface area contributed by atoms with Crippen molar-refractivity contribution in [3.63, 3.8) is 0 Å². The number of hydrogen-bond acceptors (Lipinski definition) is 5. The molecule has 0 aliphatic rings. The van der Waals surface area contributed by atoms with Crippen LogP contribution in [0.2, 0.25) is 0 Å². The Morgan fingerprint density at radius 1 is 1.20 bits per heavy atom. The van der Waals surface area contributed by atoms with E-state index in [0.717, 1.165) is 17.9 Å². The quantitative estimate of drug-likeness (QED) is 0.685. The Kier molecular flexibility index (Phi) is 7.07. The van der Waals surface area contributed by atoms with Crippen LogP contribution in [0.1, 0.15) is 30.6 Å². The van der Waals surface area contributed by atoms with Crippen LogP contribution in [-0.4, -0.2) is 37.2 Å². The number of benzene rings is 1. The number of carbonyl (C=O) groups excluding carboxylic acids is 1. The van der Waals surface area contributed by atoms with E-state index in [4.69, 9.17) is 9.47 Å². The number of nitrogens with zero attached hydrogens (tertiary/aromatic N) is 1. The molecule has 0 radical (unpaired) electrons. The van der Waals surface area contributed by atoms with Crippen molar-refractivity contribution in [1.29, 1.82) is 0 Å². The van der Waals surface area contributed by atoms with E-state index < -0.39 is 0 Å². The fourth-order valence-electron chi connectivity index (χ4n) is 2.11. The van der Waals surface area contributed by atoms with E-state index in [1.807, 2.05) is 24.3 Å². The first kappa shape index (κ1) is 18.6. The maximum absolute atomic E-state index is 12.2. The zero-order valence-electron chi connectivity index (χ0n) is 14.9. The number of hydrogen-bond donors (Lipinski definition) is 2. The Morgan fingerprint density at radius 3 is 2.60 bits per heavy atom. The monoisotopic (exact) mass is 343 g/mol. The molecule has 1 heterocycles. The largest absolute Gasteiger partial charge is 0.497 e. The second-order valence-corrected chi connectivity index (χ2v) is 5.66. The van der Waals surface area contributed by atoms with E-state index in [-0.39, 0.29) is 5.91 Å². The molecule has 1 aromatic carbocycles. The maximum Gasteiger partial charge on any atom is 0.251 e. The Balaban J connectivity index is 1.78. The van der Waals surface area contributed by atoms with E-state index in [1.54, 1.807) is 25.4 Å². The van der Waals surface area contributed by atoms with Gasteiger partial charge in [-0.3, -0.25) is 4.79 Å². The molecule has 1 amide bonds. The highest BCUT2D eigenvalue weighted by Gasteiger charge is 2.07. The summed E-state index contributed by atoms with van der Waals surface area (Å²) in [5, 5.41) is 6.10. The molecule has 0 aliphatic heterocycles. The summed E-state index contributed by atoms with van der Waals surface area (Å²) < 4.78 is 10.7. The smallest absolute Gasteiger partial charge is 0.251 e. The molecule has 0 saturated heterocycles. The average molecular weight is 343 g/mol. The van der Waals surface area contributed by atoms with Gasteiger partial charge in [0.05, 0.1) is 13.7 Å². The average Bonchev–Trinajstić information content (AvgIpc) is 2.65. The van der Waals surface area contributed by atoms with Gasteiger partial charge >= 0.3 is 0 Å². The van der Waals surface area contributed by atoms with Crippen LogP contribution < -0.4 is 20.1 Å². The normalized spacial score (nSPS) is 11.5. The van der Waals surface area contributed by atoms with Crippen molar-refractivity contribution in [2.75, 3.05) is 25.6 Å². The molecule has 1 aromatic heterocycles. The topological polar surface area (TPSA) is 72.5 Å². The van der Waals surface area contributed by atoms with Gasteiger partial charge in [-0.1, -0.05) is 6.92 Å². The van der Waals surface area contributed by atoms with Gasteiger partial charge < -0.3 is 20.1 Å². The number of amides is 1. The van der Waals surface area contributed by atoms with E-state index in [0.29, 0.717) is 30.6 Å². The molecule has 6 heteroatoms. The first-order valence-electron chi connectivity index (χ1n) is 8.40. The van der Waals surface area contributed by atoms with E-state index in [2.05, 4.69) is 29.5 Å². The maximum atomic E-state index is 12.2. The number of nitrogens with one attached hydrogen (secondary N) is 2. The third kappa shape index (κ3) is 5.99. The molecule has 0 bridgehead atoms. The lowest BCUT2D eigenvalue weighted by Crippen LogP contribution is -2.28. The predicted octanol–water partition coefficient (Wildman–Crippen LogP) is 3.11. The molecule has 1 atom stereocenters. The summed E-state index contributed by atoms with van der Waals surface area (Å²) in [6, 6.07) is 11.1. The second kappa shape index (κ2) is 9.52. The zero-order chi connectivity index (χ0) is 18.1. The molecule has 0 saturated carbocycles. The molecule has 1 unspecified atom stereocenters. The van der Waals surface area contributed by atoms with Crippen LogP contribution >= 0.6 is 0 Å². The number of aromatic nitrogens is 1. The van der Waals surface area contributed by atoms with E-state index >= 15 is 0 Å². The van der Waals surface area contributed by atoms with Gasteiger partial charge in [0.1, 0.15) is 23.9 Å². The van der Waals surface area contributed by atoms with Crippen molar-refractivity contribution >= 4 is 11.7 Å². The Labute approximate surface area is 148 Å². The van der Waals surface area contributed by atoms with Crippen molar-refractivity contribution in [1.82, 2.24) is 10.3 Å². The van der Waals surface area contributed by atoms with Gasteiger partial charge in [-0.05, 0) is 49.7 Å². The summed E-state index contributed by atoms with van der Waals surface area (Å²) >= 11 is 0. The Bertz CT molecular complexity index is 674. The van der Waals surface area contributed by atoms with Crippen molar-refractivity contribution in [2.45, 2.75) is 26.3 Å². The van der Waals surface area contributed by atoms with Crippen LogP contribution in [0, 0.1) is 0 Å². The number of methoxy groups -OCH3 is 1. The third-order valence-corrected chi connectivity index (χ3v) is 3.74. The number of ether oxygens (including phenoxy) is 2. The highest BCUT2D eigenvalue weighted by Crippen LogP contribution is 2.16. The standard InChI is InChI=1S/C19H25N3O3/c1-4-14(2)22-18-13-15(9-10-20-18)19(23)21-11-12-25-17-7-5-16(24-3)6-8-17/h5-10,13-14H,4,11-12H2,1-3H3,(H,20,22)(H,21,23). The lowest BCUT2D eigenvalue weighted by Gasteiger charge is -2.13. The van der Waals surface area contributed by atoms with Crippen molar-refractivity contribution in [2.24, 2.45) is 0 Å². The summed E-state index contributed by atoms with van der Waals surface area (Å²) in [6.07, 6.45) is 2.62. The summed E-state index contributed by atoms with van der Waals surface area (Å²) in [5.74, 6) is 2.07. The minimum atomic E-state index is -0.145. The van der Waals surface area contributed by atoms with Crippen LogP contribution in [-0.2, 0) is 0 Å². The molecular weight excluding hydrogens is 318 g/mol. The van der Waals surface area contributed by atoms with E-state index in [9.17, 15) is 4.79 Å². The summed E-state index contributed by atoms with van der Waals surface area (Å²) in [7, 11) is 1.62. The first-order chi connectivity index (χ1) is 12.1. The van der Waals surface area contributed by atoms with Gasteiger partial charge in [0, 0.05) is 17.8 Å². The highest BCUT2D eigenvalue weighted by molar-refractivity contribution is 5.94. The van der Waals surface area contributed by atoms with Crippen LogP contribution in [0.4, 0.5) is 5.82 Å². The van der Waals surface area contributed by atoms with Crippen LogP contribution in [0.3, 0.4) is 0 Å². The van der Waals surface area contributed by atoms with Crippen LogP contribution in [0.5, 0.6) is 11.5 Å². The lowest BCUT2D eigenvalue weighted by molar-refractivity contribution is 0.0947. The molecule has 6 nitrogen and oxygen atoms in total. The van der Waals surface area contributed by atoms with Crippen molar-refractivity contribution in [3.05, 3.63) is 48.2 Å². The van der Waals surface area contributed by atoms with Crippen molar-refractivity contribution < 1.29 is 14.3 Å². The minimum absolute atomic E-state index is 0.145. The van der Waals surface area contributed by atoms with Crippen LogP contribution in [0.15, 0.2) is 42.6 Å². The molecule has 25 heavy (non-hydrogen) atoms. The molecular formula is C19H25N3O3. The second-order valence-electron chi connectivity index (χ2n) is 5.66. The summed E-state index contributed by atoms with van der Waals surface area (Å²) in [6.45, 7) is 4.98. The summed E-state index contributed by atoms with van der Waals surface area (Å²) in [4.78, 5) is 16.4. The highest BCUT2D eigenvalue weighted by atomic mass is 16.5. The number of rotatable bonds is 9. The molecule has 0 aliphatic carbocycles. The Hall–Kier alpha value is -2.76. The van der Waals surface area contributed by atoms with E-state index in [1.165, 1.54) is 0 Å². The first-order valence-corrected chi connectivity index (χ1v) is 8.40. The third-order valence-electron chi connectivity index (χ3n) is 3.74.